The summed E-state index contributed by atoms with van der Waals surface area (Å²) in [5.74, 6) is -0.652. The lowest BCUT2D eigenvalue weighted by molar-refractivity contribution is -0.226. The van der Waals surface area contributed by atoms with Crippen LogP contribution in [-0.4, -0.2) is 47.2 Å². The minimum Gasteiger partial charge on any atom is -0.497 e. The predicted octanol–water partition coefficient (Wildman–Crippen LogP) is 1.54. The monoisotopic (exact) mass is 351 g/mol. The van der Waals surface area contributed by atoms with E-state index in [2.05, 4.69) is 0 Å². The second-order valence-electron chi connectivity index (χ2n) is 6.18. The molecule has 6 nitrogen and oxygen atoms in total. The molecule has 0 aromatic heterocycles. The number of nitrogens with zero attached hydrogens (tertiary/aromatic N) is 1. The van der Waals surface area contributed by atoms with E-state index in [0.29, 0.717) is 18.5 Å². The van der Waals surface area contributed by atoms with Crippen LogP contribution in [0.25, 0.3) is 0 Å². The highest BCUT2D eigenvalue weighted by Gasteiger charge is 2.80. The zero-order valence-electron chi connectivity index (χ0n) is 13.5. The lowest BCUT2D eigenvalue weighted by Crippen LogP contribution is -2.75. The third-order valence-electron chi connectivity index (χ3n) is 5.10. The molecule has 0 aliphatic carbocycles. The Kier molecular flexibility index (Phi) is 4.03. The van der Waals surface area contributed by atoms with Gasteiger partial charge in [-0.25, -0.2) is 4.79 Å². The molecule has 2 fully saturated rings. The zero-order valence-corrected chi connectivity index (χ0v) is 14.2. The van der Waals surface area contributed by atoms with E-state index >= 15 is 0 Å². The molecule has 0 saturated carbocycles. The summed E-state index contributed by atoms with van der Waals surface area (Å²) in [6, 6.07) is 7.11. The fourth-order valence-corrected chi connectivity index (χ4v) is 3.89. The molecule has 0 N–H and O–H groups in total. The maximum atomic E-state index is 12.9. The summed E-state index contributed by atoms with van der Waals surface area (Å²) in [5, 5.41) is 0. The Balaban J connectivity index is 1.96. The van der Waals surface area contributed by atoms with Crippen molar-refractivity contribution in [1.82, 2.24) is 4.90 Å². The highest BCUT2D eigenvalue weighted by molar-refractivity contribution is 6.18. The molecule has 0 spiro atoms. The first kappa shape index (κ1) is 16.8. The first-order chi connectivity index (χ1) is 11.4. The first-order valence-electron chi connectivity index (χ1n) is 7.64. The standard InChI is InChI=1S/C17H18ClNO5/c1-16-13(7-8-18)14(21)19(17(16,10-20)15(22)24-16)9-11-3-5-12(23-2)6-4-11/h3-6,10,13H,7-9H2,1-2H3/t13-,16-,17-/m0/s1. The van der Waals surface area contributed by atoms with Crippen molar-refractivity contribution in [2.24, 2.45) is 5.92 Å². The van der Waals surface area contributed by atoms with Crippen LogP contribution in [0.4, 0.5) is 0 Å². The van der Waals surface area contributed by atoms with Crippen molar-refractivity contribution < 1.29 is 23.9 Å². The molecule has 2 saturated heterocycles. The topological polar surface area (TPSA) is 72.9 Å². The number of esters is 1. The van der Waals surface area contributed by atoms with E-state index in [9.17, 15) is 14.4 Å². The lowest BCUT2D eigenvalue weighted by Gasteiger charge is -2.50. The van der Waals surface area contributed by atoms with E-state index in [1.54, 1.807) is 38.3 Å². The number of ether oxygens (including phenoxy) is 2. The molecule has 2 aliphatic heterocycles. The summed E-state index contributed by atoms with van der Waals surface area (Å²) < 4.78 is 10.4. The quantitative estimate of drug-likeness (QED) is 0.336. The van der Waals surface area contributed by atoms with E-state index in [-0.39, 0.29) is 18.3 Å². The Labute approximate surface area is 144 Å². The zero-order chi connectivity index (χ0) is 17.5. The van der Waals surface area contributed by atoms with Gasteiger partial charge in [-0.1, -0.05) is 12.1 Å². The van der Waals surface area contributed by atoms with Crippen molar-refractivity contribution in [1.29, 1.82) is 0 Å². The van der Waals surface area contributed by atoms with Gasteiger partial charge in [0.05, 0.1) is 13.0 Å². The van der Waals surface area contributed by atoms with Gasteiger partial charge in [0.2, 0.25) is 11.4 Å². The van der Waals surface area contributed by atoms with E-state index in [1.165, 1.54) is 4.90 Å². The molecule has 2 heterocycles. The Bertz CT molecular complexity index is 691. The fraction of sp³-hybridized carbons (Fsp3) is 0.471. The number of fused-ring (bicyclic) bond motifs is 1. The Hall–Kier alpha value is -2.08. The number of hydrogen-bond donors (Lipinski definition) is 0. The average molecular weight is 352 g/mol. The molecule has 7 heteroatoms. The summed E-state index contributed by atoms with van der Waals surface area (Å²) in [6.45, 7) is 1.77. The van der Waals surface area contributed by atoms with Crippen LogP contribution >= 0.6 is 11.6 Å². The molecule has 0 bridgehead atoms. The Morgan fingerprint density at radius 3 is 2.50 bits per heavy atom. The number of benzene rings is 1. The Morgan fingerprint density at radius 2 is 2.00 bits per heavy atom. The summed E-state index contributed by atoms with van der Waals surface area (Å²) in [5.41, 5.74) is -1.94. The van der Waals surface area contributed by atoms with E-state index in [0.717, 1.165) is 5.56 Å². The van der Waals surface area contributed by atoms with Gasteiger partial charge in [-0.3, -0.25) is 9.59 Å². The second kappa shape index (κ2) is 5.77. The van der Waals surface area contributed by atoms with Crippen molar-refractivity contribution >= 4 is 29.8 Å². The molecule has 128 valence electrons. The summed E-state index contributed by atoms with van der Waals surface area (Å²) in [7, 11) is 1.56. The summed E-state index contributed by atoms with van der Waals surface area (Å²) in [6.07, 6.45) is 0.882. The maximum Gasteiger partial charge on any atom is 0.344 e. The van der Waals surface area contributed by atoms with Gasteiger partial charge >= 0.3 is 5.97 Å². The van der Waals surface area contributed by atoms with Gasteiger partial charge in [0.25, 0.3) is 0 Å². The van der Waals surface area contributed by atoms with E-state index in [1.807, 2.05) is 0 Å². The van der Waals surface area contributed by atoms with Crippen molar-refractivity contribution in [3.05, 3.63) is 29.8 Å². The molecule has 0 unspecified atom stereocenters. The minimum atomic E-state index is -1.57. The lowest BCUT2D eigenvalue weighted by atomic mass is 9.71. The number of carbonyl (C=O) groups is 3. The molecular formula is C17H18ClNO5. The van der Waals surface area contributed by atoms with Crippen LogP contribution in [-0.2, 0) is 25.7 Å². The molecule has 24 heavy (non-hydrogen) atoms. The van der Waals surface area contributed by atoms with Crippen LogP contribution in [0.1, 0.15) is 18.9 Å². The molecule has 1 aromatic rings. The second-order valence-corrected chi connectivity index (χ2v) is 6.56. The molecule has 1 aromatic carbocycles. The number of rotatable bonds is 6. The van der Waals surface area contributed by atoms with Crippen molar-refractivity contribution in [2.45, 2.75) is 31.0 Å². The van der Waals surface area contributed by atoms with Gasteiger partial charge < -0.3 is 14.4 Å². The number of alkyl halides is 1. The van der Waals surface area contributed by atoms with Gasteiger partial charge in [0, 0.05) is 12.4 Å². The van der Waals surface area contributed by atoms with Gasteiger partial charge in [0.15, 0.2) is 11.9 Å². The SMILES string of the molecule is COc1ccc(CN2C(=O)[C@H](CCCl)[C@]3(C)OC(=O)[C@]23C=O)cc1. The fourth-order valence-electron chi connectivity index (χ4n) is 3.67. The summed E-state index contributed by atoms with van der Waals surface area (Å²) in [4.78, 5) is 38.2. The number of hydrogen-bond acceptors (Lipinski definition) is 5. The molecular weight excluding hydrogens is 334 g/mol. The van der Waals surface area contributed by atoms with Gasteiger partial charge in [-0.2, -0.15) is 0 Å². The van der Waals surface area contributed by atoms with E-state index in [4.69, 9.17) is 21.1 Å². The highest BCUT2D eigenvalue weighted by atomic mass is 35.5. The predicted molar refractivity (Wildman–Crippen MR) is 85.7 cm³/mol. The van der Waals surface area contributed by atoms with Crippen LogP contribution in [0.2, 0.25) is 0 Å². The van der Waals surface area contributed by atoms with Crippen LogP contribution in [0.3, 0.4) is 0 Å². The molecule has 1 amide bonds. The number of likely N-dealkylation sites (tertiary alicyclic amines) is 1. The molecule has 3 atom stereocenters. The van der Waals surface area contributed by atoms with Crippen molar-refractivity contribution in [3.63, 3.8) is 0 Å². The third-order valence-corrected chi connectivity index (χ3v) is 5.31. The smallest absolute Gasteiger partial charge is 0.344 e. The number of carbonyl (C=O) groups excluding carboxylic acids is 3. The molecule has 2 aliphatic rings. The highest BCUT2D eigenvalue weighted by Crippen LogP contribution is 2.54. The van der Waals surface area contributed by atoms with Gasteiger partial charge in [-0.15, -0.1) is 11.6 Å². The van der Waals surface area contributed by atoms with Crippen molar-refractivity contribution in [3.8, 4) is 5.75 Å². The first-order valence-corrected chi connectivity index (χ1v) is 8.18. The molecule has 0 radical (unpaired) electrons. The van der Waals surface area contributed by atoms with Crippen LogP contribution < -0.4 is 4.74 Å². The normalized spacial score (nSPS) is 31.3. The molecule has 3 rings (SSSR count). The van der Waals surface area contributed by atoms with Crippen LogP contribution in [0.15, 0.2) is 24.3 Å². The average Bonchev–Trinajstić information content (AvgIpc) is 2.71. The number of methoxy groups -OCH3 is 1. The summed E-state index contributed by atoms with van der Waals surface area (Å²) >= 11 is 5.80. The van der Waals surface area contributed by atoms with Crippen LogP contribution in [0.5, 0.6) is 5.75 Å². The van der Waals surface area contributed by atoms with Crippen molar-refractivity contribution in [2.75, 3.05) is 13.0 Å². The van der Waals surface area contributed by atoms with Gasteiger partial charge in [-0.05, 0) is 31.0 Å². The number of halogens is 1. The number of aldehydes is 1. The Morgan fingerprint density at radius 1 is 1.33 bits per heavy atom. The largest absolute Gasteiger partial charge is 0.497 e. The van der Waals surface area contributed by atoms with Gasteiger partial charge in [0.1, 0.15) is 5.75 Å². The minimum absolute atomic E-state index is 0.144. The van der Waals surface area contributed by atoms with Crippen LogP contribution in [0, 0.1) is 5.92 Å². The maximum absolute atomic E-state index is 12.9. The third kappa shape index (κ3) is 1.99. The van der Waals surface area contributed by atoms with E-state index < -0.39 is 23.0 Å². The number of amides is 1.